The van der Waals surface area contributed by atoms with Gasteiger partial charge in [0.25, 0.3) is 0 Å². The molecule has 0 saturated heterocycles. The number of ketones is 2. The molecule has 0 atom stereocenters. The Morgan fingerprint density at radius 2 is 1.71 bits per heavy atom. The number of fused-ring (bicyclic) bond motifs is 1. The molecule has 0 unspecified atom stereocenters. The molecular formula is C18H16Cl2N2O2. The maximum Gasteiger partial charge on any atom is 0.222 e. The van der Waals surface area contributed by atoms with Crippen molar-refractivity contribution in [1.82, 2.24) is 10.3 Å². The highest BCUT2D eigenvalue weighted by Gasteiger charge is 2.35. The molecule has 1 heterocycles. The monoisotopic (exact) mass is 362 g/mol. The summed E-state index contributed by atoms with van der Waals surface area (Å²) in [6.07, 6.45) is 0. The molecule has 1 aromatic carbocycles. The number of aromatic amines is 1. The van der Waals surface area contributed by atoms with Gasteiger partial charge in [-0.2, -0.15) is 0 Å². The fraction of sp³-hybridized carbons (Fsp3) is 0.222. The van der Waals surface area contributed by atoms with E-state index in [1.54, 1.807) is 0 Å². The summed E-state index contributed by atoms with van der Waals surface area (Å²) in [5.41, 5.74) is 2.46. The van der Waals surface area contributed by atoms with Crippen molar-refractivity contribution in [1.29, 1.82) is 0 Å². The third-order valence-corrected chi connectivity index (χ3v) is 4.59. The second-order valence-electron chi connectivity index (χ2n) is 6.01. The number of aryl methyl sites for hydroxylation is 1. The number of rotatable bonds is 3. The van der Waals surface area contributed by atoms with Crippen LogP contribution in [0.3, 0.4) is 0 Å². The average molecular weight is 363 g/mol. The first-order chi connectivity index (χ1) is 11.3. The molecular weight excluding hydrogens is 347 g/mol. The zero-order chi connectivity index (χ0) is 17.6. The van der Waals surface area contributed by atoms with E-state index in [-0.39, 0.29) is 27.4 Å². The van der Waals surface area contributed by atoms with Crippen molar-refractivity contribution in [3.8, 4) is 0 Å². The molecule has 0 amide bonds. The molecule has 4 nitrogen and oxygen atoms in total. The van der Waals surface area contributed by atoms with Crippen molar-refractivity contribution < 1.29 is 9.59 Å². The number of halogens is 2. The number of carbonyl (C=O) groups is 2. The van der Waals surface area contributed by atoms with Crippen LogP contribution in [0, 0.1) is 6.92 Å². The van der Waals surface area contributed by atoms with Gasteiger partial charge in [-0.1, -0.05) is 41.4 Å². The Morgan fingerprint density at radius 1 is 1.04 bits per heavy atom. The van der Waals surface area contributed by atoms with Crippen LogP contribution in [0.25, 0.3) is 16.5 Å². The minimum Gasteiger partial charge on any atom is -0.378 e. The minimum atomic E-state index is -0.463. The maximum atomic E-state index is 12.8. The topological polar surface area (TPSA) is 62.0 Å². The van der Waals surface area contributed by atoms with E-state index < -0.39 is 11.6 Å². The van der Waals surface area contributed by atoms with E-state index >= 15 is 0 Å². The third-order valence-electron chi connectivity index (χ3n) is 3.87. The minimum absolute atomic E-state index is 0.0497. The fourth-order valence-corrected chi connectivity index (χ4v) is 3.40. The molecule has 0 fully saturated rings. The van der Waals surface area contributed by atoms with Crippen LogP contribution in [0.5, 0.6) is 0 Å². The molecule has 6 heteroatoms. The Hall–Kier alpha value is -2.04. The number of nitrogens with one attached hydrogen (secondary N) is 2. The SMILES string of the molecule is Cc1[nH]c2ccccc2c1C1=C(Cl)C(=O)C(NC(C)C)=C(Cl)C1=O. The van der Waals surface area contributed by atoms with Crippen LogP contribution in [0.4, 0.5) is 0 Å². The second-order valence-corrected chi connectivity index (χ2v) is 6.76. The summed E-state index contributed by atoms with van der Waals surface area (Å²) >= 11 is 12.5. The van der Waals surface area contributed by atoms with Crippen LogP contribution >= 0.6 is 23.2 Å². The van der Waals surface area contributed by atoms with E-state index in [9.17, 15) is 9.59 Å². The predicted octanol–water partition coefficient (Wildman–Crippen LogP) is 4.03. The number of carbonyl (C=O) groups excluding carboxylic acids is 2. The molecule has 24 heavy (non-hydrogen) atoms. The molecule has 124 valence electrons. The normalized spacial score (nSPS) is 15.9. The molecule has 0 aliphatic heterocycles. The first-order valence-corrected chi connectivity index (χ1v) is 8.31. The molecule has 1 aromatic heterocycles. The standard InChI is InChI=1S/C18H16Cl2N2O2/c1-8(2)21-16-15(20)17(23)13(14(19)18(16)24)12-9(3)22-11-7-5-4-6-10(11)12/h4-8,21-22H,1-3H3. The van der Waals surface area contributed by atoms with Crippen LogP contribution in [0.1, 0.15) is 25.1 Å². The van der Waals surface area contributed by atoms with Crippen LogP contribution in [0.2, 0.25) is 0 Å². The number of benzene rings is 1. The largest absolute Gasteiger partial charge is 0.378 e. The van der Waals surface area contributed by atoms with Gasteiger partial charge in [0.1, 0.15) is 15.8 Å². The number of H-pyrrole nitrogens is 1. The first-order valence-electron chi connectivity index (χ1n) is 7.56. The smallest absolute Gasteiger partial charge is 0.222 e. The lowest BCUT2D eigenvalue weighted by Crippen LogP contribution is -2.32. The Kier molecular flexibility index (Phi) is 4.28. The second kappa shape index (κ2) is 6.11. The van der Waals surface area contributed by atoms with Gasteiger partial charge in [0.2, 0.25) is 11.6 Å². The van der Waals surface area contributed by atoms with Crippen molar-refractivity contribution in [3.05, 3.63) is 51.3 Å². The van der Waals surface area contributed by atoms with Crippen molar-refractivity contribution in [2.45, 2.75) is 26.8 Å². The van der Waals surface area contributed by atoms with E-state index in [1.807, 2.05) is 45.0 Å². The average Bonchev–Trinajstić information content (AvgIpc) is 2.86. The Bertz CT molecular complexity index is 936. The zero-order valence-electron chi connectivity index (χ0n) is 13.5. The van der Waals surface area contributed by atoms with Gasteiger partial charge in [-0.25, -0.2) is 0 Å². The van der Waals surface area contributed by atoms with Crippen molar-refractivity contribution in [3.63, 3.8) is 0 Å². The van der Waals surface area contributed by atoms with Crippen molar-refractivity contribution in [2.75, 3.05) is 0 Å². The van der Waals surface area contributed by atoms with E-state index in [4.69, 9.17) is 23.2 Å². The number of Topliss-reactive ketones (excluding diaryl/α,β-unsaturated/α-hetero) is 2. The van der Waals surface area contributed by atoms with Gasteiger partial charge in [0.05, 0.1) is 5.57 Å². The Balaban J connectivity index is 2.22. The van der Waals surface area contributed by atoms with E-state index in [2.05, 4.69) is 10.3 Å². The van der Waals surface area contributed by atoms with Crippen LogP contribution in [-0.4, -0.2) is 22.6 Å². The van der Waals surface area contributed by atoms with E-state index in [0.717, 1.165) is 16.6 Å². The van der Waals surface area contributed by atoms with Crippen molar-refractivity contribution >= 4 is 51.2 Å². The van der Waals surface area contributed by atoms with Gasteiger partial charge >= 0.3 is 0 Å². The molecule has 1 aliphatic rings. The number of para-hydroxylation sites is 1. The summed E-state index contributed by atoms with van der Waals surface area (Å²) < 4.78 is 0. The summed E-state index contributed by atoms with van der Waals surface area (Å²) in [7, 11) is 0. The zero-order valence-corrected chi connectivity index (χ0v) is 15.0. The highest BCUT2D eigenvalue weighted by atomic mass is 35.5. The van der Waals surface area contributed by atoms with Gasteiger partial charge in [0, 0.05) is 28.2 Å². The molecule has 0 saturated carbocycles. The van der Waals surface area contributed by atoms with Crippen LogP contribution in [-0.2, 0) is 9.59 Å². The van der Waals surface area contributed by atoms with Crippen molar-refractivity contribution in [2.24, 2.45) is 0 Å². The first kappa shape index (κ1) is 16.8. The summed E-state index contributed by atoms with van der Waals surface area (Å²) in [5.74, 6) is -0.910. The Morgan fingerprint density at radius 3 is 2.38 bits per heavy atom. The lowest BCUT2D eigenvalue weighted by molar-refractivity contribution is -0.114. The highest BCUT2D eigenvalue weighted by Crippen LogP contribution is 2.38. The maximum absolute atomic E-state index is 12.8. The summed E-state index contributed by atoms with van der Waals surface area (Å²) in [4.78, 5) is 28.6. The predicted molar refractivity (Wildman–Crippen MR) is 97.0 cm³/mol. The number of hydrogen-bond acceptors (Lipinski definition) is 3. The van der Waals surface area contributed by atoms with E-state index in [1.165, 1.54) is 0 Å². The number of aromatic nitrogens is 1. The molecule has 2 aromatic rings. The summed E-state index contributed by atoms with van der Waals surface area (Å²) in [6, 6.07) is 7.49. The summed E-state index contributed by atoms with van der Waals surface area (Å²) in [5, 5.41) is 3.50. The molecule has 0 spiro atoms. The molecule has 0 radical (unpaired) electrons. The lowest BCUT2D eigenvalue weighted by Gasteiger charge is -2.21. The van der Waals surface area contributed by atoms with E-state index in [0.29, 0.717) is 5.56 Å². The van der Waals surface area contributed by atoms with Gasteiger partial charge < -0.3 is 10.3 Å². The van der Waals surface area contributed by atoms with Gasteiger partial charge in [-0.15, -0.1) is 0 Å². The lowest BCUT2D eigenvalue weighted by atomic mass is 9.92. The quantitative estimate of drug-likeness (QED) is 0.810. The molecule has 0 bridgehead atoms. The number of hydrogen-bond donors (Lipinski definition) is 2. The third kappa shape index (κ3) is 2.56. The van der Waals surface area contributed by atoms with Gasteiger partial charge in [-0.3, -0.25) is 9.59 Å². The molecule has 1 aliphatic carbocycles. The van der Waals surface area contributed by atoms with Gasteiger partial charge in [-0.05, 0) is 26.8 Å². The van der Waals surface area contributed by atoms with Crippen LogP contribution < -0.4 is 5.32 Å². The van der Waals surface area contributed by atoms with Crippen LogP contribution in [0.15, 0.2) is 40.0 Å². The Labute approximate surface area is 149 Å². The molecule has 3 rings (SSSR count). The molecule has 2 N–H and O–H groups in total. The fourth-order valence-electron chi connectivity index (χ4n) is 2.89. The summed E-state index contributed by atoms with van der Waals surface area (Å²) in [6.45, 7) is 5.54. The number of allylic oxidation sites excluding steroid dienone is 3. The highest BCUT2D eigenvalue weighted by molar-refractivity contribution is 6.63. The van der Waals surface area contributed by atoms with Gasteiger partial charge in [0.15, 0.2) is 0 Å².